The summed E-state index contributed by atoms with van der Waals surface area (Å²) >= 11 is 0. The molecule has 1 atom stereocenters. The molecule has 0 radical (unpaired) electrons. The molecule has 1 aliphatic heterocycles. The third kappa shape index (κ3) is 2.70. The second-order valence-electron chi connectivity index (χ2n) is 6.32. The standard InChI is InChI=1S/C18H24N2O3/c1-18(17(21)23-3)8-4-9-19-10-7-13-14-11-12(22-2)5-6-15(14)20-16(13)18/h5-6,11,19-20H,4,7-10H2,1-3H3. The lowest BCUT2D eigenvalue weighted by Gasteiger charge is -2.26. The number of hydrogen-bond donors (Lipinski definition) is 2. The van der Waals surface area contributed by atoms with Crippen molar-refractivity contribution in [3.8, 4) is 5.75 Å². The molecule has 0 bridgehead atoms. The van der Waals surface area contributed by atoms with Crippen molar-refractivity contribution in [1.82, 2.24) is 10.3 Å². The number of ether oxygens (including phenoxy) is 2. The van der Waals surface area contributed by atoms with E-state index in [0.717, 1.165) is 54.7 Å². The maximum atomic E-state index is 12.5. The van der Waals surface area contributed by atoms with Gasteiger partial charge in [-0.05, 0) is 63.0 Å². The number of H-pyrrole nitrogens is 1. The van der Waals surface area contributed by atoms with Crippen LogP contribution in [0.3, 0.4) is 0 Å². The van der Waals surface area contributed by atoms with Gasteiger partial charge in [0.2, 0.25) is 0 Å². The highest BCUT2D eigenvalue weighted by atomic mass is 16.5. The van der Waals surface area contributed by atoms with Crippen LogP contribution in [0.15, 0.2) is 18.2 Å². The summed E-state index contributed by atoms with van der Waals surface area (Å²) in [7, 11) is 3.13. The number of aromatic nitrogens is 1. The fourth-order valence-corrected chi connectivity index (χ4v) is 3.54. The number of hydrogen-bond acceptors (Lipinski definition) is 4. The first-order valence-corrected chi connectivity index (χ1v) is 8.08. The van der Waals surface area contributed by atoms with Gasteiger partial charge in [0.05, 0.1) is 14.2 Å². The molecule has 0 saturated heterocycles. The van der Waals surface area contributed by atoms with Crippen LogP contribution in [0.2, 0.25) is 0 Å². The number of fused-ring (bicyclic) bond motifs is 3. The van der Waals surface area contributed by atoms with E-state index in [1.807, 2.05) is 25.1 Å². The molecule has 1 aliphatic rings. The molecule has 3 rings (SSSR count). The lowest BCUT2D eigenvalue weighted by molar-refractivity contribution is -0.147. The summed E-state index contributed by atoms with van der Waals surface area (Å²) in [6, 6.07) is 5.99. The van der Waals surface area contributed by atoms with E-state index < -0.39 is 5.41 Å². The predicted octanol–water partition coefficient (Wildman–Crippen LogP) is 2.53. The number of rotatable bonds is 2. The Labute approximate surface area is 136 Å². The van der Waals surface area contributed by atoms with Crippen LogP contribution < -0.4 is 10.1 Å². The molecule has 1 unspecified atom stereocenters. The summed E-state index contributed by atoms with van der Waals surface area (Å²) in [4.78, 5) is 16.0. The third-order valence-corrected chi connectivity index (χ3v) is 4.88. The predicted molar refractivity (Wildman–Crippen MR) is 90.0 cm³/mol. The zero-order chi connectivity index (χ0) is 16.4. The fourth-order valence-electron chi connectivity index (χ4n) is 3.54. The van der Waals surface area contributed by atoms with Gasteiger partial charge in [-0.1, -0.05) is 0 Å². The Morgan fingerprint density at radius 1 is 1.26 bits per heavy atom. The van der Waals surface area contributed by atoms with Crippen molar-refractivity contribution >= 4 is 16.9 Å². The molecule has 0 aliphatic carbocycles. The van der Waals surface area contributed by atoms with E-state index in [0.29, 0.717) is 0 Å². The van der Waals surface area contributed by atoms with E-state index in [1.54, 1.807) is 7.11 Å². The summed E-state index contributed by atoms with van der Waals surface area (Å²) in [6.07, 6.45) is 2.56. The highest BCUT2D eigenvalue weighted by Gasteiger charge is 2.40. The number of aromatic amines is 1. The van der Waals surface area contributed by atoms with E-state index in [4.69, 9.17) is 9.47 Å². The maximum Gasteiger partial charge on any atom is 0.317 e. The minimum atomic E-state index is -0.650. The molecule has 0 saturated carbocycles. The van der Waals surface area contributed by atoms with Crippen LogP contribution in [0.4, 0.5) is 0 Å². The lowest BCUT2D eigenvalue weighted by Crippen LogP contribution is -2.35. The van der Waals surface area contributed by atoms with Crippen LogP contribution in [0.1, 0.15) is 31.0 Å². The Morgan fingerprint density at radius 3 is 2.83 bits per heavy atom. The second-order valence-corrected chi connectivity index (χ2v) is 6.32. The van der Waals surface area contributed by atoms with E-state index in [-0.39, 0.29) is 5.97 Å². The fraction of sp³-hybridized carbons (Fsp3) is 0.500. The van der Waals surface area contributed by atoms with Crippen LogP contribution >= 0.6 is 0 Å². The first-order chi connectivity index (χ1) is 11.1. The van der Waals surface area contributed by atoms with Gasteiger partial charge in [-0.2, -0.15) is 0 Å². The van der Waals surface area contributed by atoms with Crippen LogP contribution in [0, 0.1) is 0 Å². The Hall–Kier alpha value is -2.01. The van der Waals surface area contributed by atoms with E-state index in [1.165, 1.54) is 12.7 Å². The molecule has 5 nitrogen and oxygen atoms in total. The van der Waals surface area contributed by atoms with Gasteiger partial charge in [0.15, 0.2) is 0 Å². The first kappa shape index (κ1) is 15.9. The van der Waals surface area contributed by atoms with Crippen molar-refractivity contribution < 1.29 is 14.3 Å². The van der Waals surface area contributed by atoms with Gasteiger partial charge in [-0.25, -0.2) is 0 Å². The van der Waals surface area contributed by atoms with Gasteiger partial charge < -0.3 is 19.8 Å². The molecular weight excluding hydrogens is 292 g/mol. The Balaban J connectivity index is 2.22. The molecule has 2 aromatic rings. The lowest BCUT2D eigenvalue weighted by atomic mass is 9.80. The minimum Gasteiger partial charge on any atom is -0.497 e. The topological polar surface area (TPSA) is 63.3 Å². The monoisotopic (exact) mass is 316 g/mol. The highest BCUT2D eigenvalue weighted by Crippen LogP contribution is 2.37. The molecule has 1 aromatic carbocycles. The van der Waals surface area contributed by atoms with Crippen LogP contribution in [-0.2, 0) is 21.4 Å². The highest BCUT2D eigenvalue weighted by molar-refractivity contribution is 5.91. The number of carbonyl (C=O) groups is 1. The number of benzene rings is 1. The van der Waals surface area contributed by atoms with Gasteiger partial charge in [0.1, 0.15) is 11.2 Å². The smallest absolute Gasteiger partial charge is 0.317 e. The number of esters is 1. The van der Waals surface area contributed by atoms with Crippen molar-refractivity contribution in [2.75, 3.05) is 27.3 Å². The number of methoxy groups -OCH3 is 2. The van der Waals surface area contributed by atoms with E-state index >= 15 is 0 Å². The molecule has 1 aromatic heterocycles. The number of carbonyl (C=O) groups excluding carboxylic acids is 1. The number of nitrogens with one attached hydrogen (secondary N) is 2. The molecule has 2 heterocycles. The normalized spacial score (nSPS) is 21.9. The summed E-state index contributed by atoms with van der Waals surface area (Å²) in [5.74, 6) is 0.645. The van der Waals surface area contributed by atoms with Crippen molar-refractivity contribution in [3.63, 3.8) is 0 Å². The Bertz CT molecular complexity index is 722. The maximum absolute atomic E-state index is 12.5. The molecule has 23 heavy (non-hydrogen) atoms. The average Bonchev–Trinajstić information content (AvgIpc) is 2.97. The third-order valence-electron chi connectivity index (χ3n) is 4.88. The van der Waals surface area contributed by atoms with Gasteiger partial charge in [0.25, 0.3) is 0 Å². The molecule has 5 heteroatoms. The van der Waals surface area contributed by atoms with E-state index in [9.17, 15) is 4.79 Å². The van der Waals surface area contributed by atoms with Crippen molar-refractivity contribution in [2.45, 2.75) is 31.6 Å². The quantitative estimate of drug-likeness (QED) is 0.836. The van der Waals surface area contributed by atoms with E-state index in [2.05, 4.69) is 10.3 Å². The Morgan fingerprint density at radius 2 is 2.09 bits per heavy atom. The second kappa shape index (κ2) is 6.24. The SMILES string of the molecule is COC(=O)C1(C)CCCNCCc2c1[nH]c1ccc(OC)cc21. The molecular formula is C18H24N2O3. The van der Waals surface area contributed by atoms with Crippen molar-refractivity contribution in [3.05, 3.63) is 29.5 Å². The molecule has 2 N–H and O–H groups in total. The van der Waals surface area contributed by atoms with Crippen LogP contribution in [-0.4, -0.2) is 38.3 Å². The summed E-state index contributed by atoms with van der Waals surface area (Å²) in [6.45, 7) is 3.79. The zero-order valence-electron chi connectivity index (χ0n) is 14.0. The largest absolute Gasteiger partial charge is 0.497 e. The summed E-state index contributed by atoms with van der Waals surface area (Å²) in [5.41, 5.74) is 2.55. The molecule has 0 amide bonds. The van der Waals surface area contributed by atoms with Gasteiger partial charge >= 0.3 is 5.97 Å². The minimum absolute atomic E-state index is 0.181. The van der Waals surface area contributed by atoms with Crippen molar-refractivity contribution in [1.29, 1.82) is 0 Å². The summed E-state index contributed by atoms with van der Waals surface area (Å²) < 4.78 is 10.5. The first-order valence-electron chi connectivity index (χ1n) is 8.08. The van der Waals surface area contributed by atoms with Crippen LogP contribution in [0.25, 0.3) is 10.9 Å². The van der Waals surface area contributed by atoms with Gasteiger partial charge in [-0.15, -0.1) is 0 Å². The molecule has 0 fully saturated rings. The zero-order valence-corrected chi connectivity index (χ0v) is 14.0. The van der Waals surface area contributed by atoms with Crippen LogP contribution in [0.5, 0.6) is 5.75 Å². The van der Waals surface area contributed by atoms with Crippen molar-refractivity contribution in [2.24, 2.45) is 0 Å². The molecule has 0 spiro atoms. The van der Waals surface area contributed by atoms with Gasteiger partial charge in [0, 0.05) is 16.6 Å². The summed E-state index contributed by atoms with van der Waals surface area (Å²) in [5, 5.41) is 4.57. The average molecular weight is 316 g/mol. The van der Waals surface area contributed by atoms with Gasteiger partial charge in [-0.3, -0.25) is 4.79 Å². The molecule has 124 valence electrons. The Kier molecular flexibility index (Phi) is 4.31.